The first-order chi connectivity index (χ1) is 19.6. The average Bonchev–Trinajstić information content (AvgIpc) is 3.45. The van der Waals surface area contributed by atoms with E-state index in [1.54, 1.807) is 24.0 Å². The third-order valence-corrected chi connectivity index (χ3v) is 7.05. The van der Waals surface area contributed by atoms with E-state index in [0.717, 1.165) is 18.4 Å². The minimum atomic E-state index is -0.652. The first-order valence-electron chi connectivity index (χ1n) is 14.5. The number of benzene rings is 2. The largest absolute Gasteiger partial charge is 0.496 e. The molecule has 1 N–H and O–H groups in total. The molecule has 0 spiro atoms. The smallest absolute Gasteiger partial charge is 0.235 e. The quantitative estimate of drug-likeness (QED) is 0.168. The SMILES string of the molecule is CCCCCCCCCCCCn1nnc([C@@H](Cc2ccccc2)C(=O)Nc2c(OC)cc(OC)cc2OC)n1. The monoisotopic (exact) mass is 551 g/mol. The summed E-state index contributed by atoms with van der Waals surface area (Å²) in [5, 5.41) is 16.1. The Morgan fingerprint density at radius 2 is 1.45 bits per heavy atom. The van der Waals surface area contributed by atoms with Crippen LogP contribution in [0.5, 0.6) is 17.2 Å². The molecule has 0 aliphatic rings. The van der Waals surface area contributed by atoms with Crippen molar-refractivity contribution in [2.24, 2.45) is 0 Å². The van der Waals surface area contributed by atoms with Crippen LogP contribution in [0.3, 0.4) is 0 Å². The summed E-state index contributed by atoms with van der Waals surface area (Å²) in [6, 6.07) is 13.2. The molecule has 1 heterocycles. The van der Waals surface area contributed by atoms with Crippen molar-refractivity contribution in [3.05, 3.63) is 53.9 Å². The van der Waals surface area contributed by atoms with Gasteiger partial charge in [0.25, 0.3) is 0 Å². The first kappa shape index (κ1) is 30.9. The number of carbonyl (C=O) groups excluding carboxylic acids is 1. The van der Waals surface area contributed by atoms with Crippen molar-refractivity contribution >= 4 is 11.6 Å². The second kappa shape index (κ2) is 17.2. The maximum absolute atomic E-state index is 13.7. The number of hydrogen-bond acceptors (Lipinski definition) is 7. The van der Waals surface area contributed by atoms with Gasteiger partial charge < -0.3 is 19.5 Å². The molecule has 9 nitrogen and oxygen atoms in total. The van der Waals surface area contributed by atoms with E-state index >= 15 is 0 Å². The van der Waals surface area contributed by atoms with Crippen molar-refractivity contribution in [3.8, 4) is 17.2 Å². The molecular weight excluding hydrogens is 506 g/mol. The Kier molecular flexibility index (Phi) is 13.3. The Balaban J connectivity index is 1.64. The van der Waals surface area contributed by atoms with Crippen LogP contribution < -0.4 is 19.5 Å². The molecule has 218 valence electrons. The number of tetrazole rings is 1. The molecule has 0 aliphatic heterocycles. The molecule has 0 saturated heterocycles. The molecule has 3 rings (SSSR count). The van der Waals surface area contributed by atoms with E-state index in [9.17, 15) is 4.79 Å². The predicted octanol–water partition coefficient (Wildman–Crippen LogP) is 6.58. The van der Waals surface area contributed by atoms with Crippen LogP contribution in [0.15, 0.2) is 42.5 Å². The van der Waals surface area contributed by atoms with Gasteiger partial charge >= 0.3 is 0 Å². The summed E-state index contributed by atoms with van der Waals surface area (Å²) in [4.78, 5) is 15.3. The number of rotatable bonds is 19. The number of aryl methyl sites for hydroxylation is 1. The second-order valence-corrected chi connectivity index (χ2v) is 10.1. The average molecular weight is 552 g/mol. The number of anilines is 1. The fourth-order valence-electron chi connectivity index (χ4n) is 4.72. The van der Waals surface area contributed by atoms with Crippen LogP contribution >= 0.6 is 0 Å². The third kappa shape index (κ3) is 9.54. The van der Waals surface area contributed by atoms with Gasteiger partial charge in [-0.25, -0.2) is 0 Å². The topological polar surface area (TPSA) is 100 Å². The van der Waals surface area contributed by atoms with E-state index in [2.05, 4.69) is 27.7 Å². The van der Waals surface area contributed by atoms with Crippen molar-refractivity contribution in [1.82, 2.24) is 20.2 Å². The number of carbonyl (C=O) groups is 1. The Bertz CT molecular complexity index is 1130. The lowest BCUT2D eigenvalue weighted by atomic mass is 9.97. The van der Waals surface area contributed by atoms with Crippen LogP contribution in [-0.4, -0.2) is 47.4 Å². The molecule has 1 amide bonds. The van der Waals surface area contributed by atoms with Gasteiger partial charge in [-0.1, -0.05) is 95.0 Å². The zero-order chi connectivity index (χ0) is 28.6. The van der Waals surface area contributed by atoms with Crippen molar-refractivity contribution in [1.29, 1.82) is 0 Å². The summed E-state index contributed by atoms with van der Waals surface area (Å²) in [5.74, 6) is 0.884. The number of aromatic nitrogens is 4. The summed E-state index contributed by atoms with van der Waals surface area (Å²) in [5.41, 5.74) is 1.42. The number of hydrogen-bond donors (Lipinski definition) is 1. The number of ether oxygens (including phenoxy) is 3. The van der Waals surface area contributed by atoms with E-state index in [0.29, 0.717) is 41.7 Å². The van der Waals surface area contributed by atoms with Gasteiger partial charge in [-0.15, -0.1) is 10.2 Å². The molecular formula is C31H45N5O4. The van der Waals surface area contributed by atoms with Gasteiger partial charge in [0.15, 0.2) is 5.82 Å². The Morgan fingerprint density at radius 3 is 2.02 bits per heavy atom. The summed E-state index contributed by atoms with van der Waals surface area (Å²) < 4.78 is 16.4. The normalized spacial score (nSPS) is 11.7. The molecule has 1 atom stereocenters. The molecule has 40 heavy (non-hydrogen) atoms. The second-order valence-electron chi connectivity index (χ2n) is 10.1. The number of nitrogens with one attached hydrogen (secondary N) is 1. The molecule has 0 aliphatic carbocycles. The molecule has 0 bridgehead atoms. The molecule has 9 heteroatoms. The van der Waals surface area contributed by atoms with Gasteiger partial charge in [0.1, 0.15) is 28.9 Å². The van der Waals surface area contributed by atoms with Crippen LogP contribution in [0.1, 0.15) is 88.4 Å². The highest BCUT2D eigenvalue weighted by Crippen LogP contribution is 2.39. The summed E-state index contributed by atoms with van der Waals surface area (Å²) >= 11 is 0. The van der Waals surface area contributed by atoms with Gasteiger partial charge in [0.05, 0.1) is 27.9 Å². The van der Waals surface area contributed by atoms with Crippen LogP contribution in [0.4, 0.5) is 5.69 Å². The first-order valence-corrected chi connectivity index (χ1v) is 14.5. The molecule has 0 radical (unpaired) electrons. The van der Waals surface area contributed by atoms with E-state index in [1.165, 1.54) is 65.6 Å². The minimum absolute atomic E-state index is 0.274. The third-order valence-electron chi connectivity index (χ3n) is 7.05. The molecule has 0 unspecified atom stereocenters. The number of methoxy groups -OCH3 is 3. The summed E-state index contributed by atoms with van der Waals surface area (Å²) in [6.07, 6.45) is 13.1. The highest BCUT2D eigenvalue weighted by atomic mass is 16.5. The Labute approximate surface area is 238 Å². The zero-order valence-electron chi connectivity index (χ0n) is 24.5. The van der Waals surface area contributed by atoms with Crippen molar-refractivity contribution in [2.45, 2.75) is 90.0 Å². The van der Waals surface area contributed by atoms with Crippen molar-refractivity contribution in [3.63, 3.8) is 0 Å². The summed E-state index contributed by atoms with van der Waals surface area (Å²) in [6.45, 7) is 2.94. The van der Waals surface area contributed by atoms with Gasteiger partial charge in [0.2, 0.25) is 5.91 Å². The lowest BCUT2D eigenvalue weighted by Gasteiger charge is -2.18. The zero-order valence-corrected chi connectivity index (χ0v) is 24.5. The van der Waals surface area contributed by atoms with Gasteiger partial charge in [-0.3, -0.25) is 4.79 Å². The number of unbranched alkanes of at least 4 members (excludes halogenated alkanes) is 9. The van der Waals surface area contributed by atoms with E-state index < -0.39 is 5.92 Å². The minimum Gasteiger partial charge on any atom is -0.496 e. The number of nitrogens with zero attached hydrogens (tertiary/aromatic N) is 4. The van der Waals surface area contributed by atoms with Gasteiger partial charge in [-0.2, -0.15) is 4.80 Å². The fourth-order valence-corrected chi connectivity index (χ4v) is 4.72. The highest BCUT2D eigenvalue weighted by Gasteiger charge is 2.28. The van der Waals surface area contributed by atoms with Crippen LogP contribution in [0.2, 0.25) is 0 Å². The van der Waals surface area contributed by atoms with E-state index in [4.69, 9.17) is 14.2 Å². The van der Waals surface area contributed by atoms with Crippen molar-refractivity contribution < 1.29 is 19.0 Å². The molecule has 0 fully saturated rings. The Hall–Kier alpha value is -3.62. The number of amides is 1. The lowest BCUT2D eigenvalue weighted by Crippen LogP contribution is -2.25. The van der Waals surface area contributed by atoms with Crippen molar-refractivity contribution in [2.75, 3.05) is 26.6 Å². The maximum Gasteiger partial charge on any atom is 0.235 e. The maximum atomic E-state index is 13.7. The lowest BCUT2D eigenvalue weighted by molar-refractivity contribution is -0.117. The molecule has 0 saturated carbocycles. The van der Waals surface area contributed by atoms with E-state index in [-0.39, 0.29) is 5.91 Å². The van der Waals surface area contributed by atoms with E-state index in [1.807, 2.05) is 30.3 Å². The highest BCUT2D eigenvalue weighted by molar-refractivity contribution is 5.98. The summed E-state index contributed by atoms with van der Waals surface area (Å²) in [7, 11) is 4.63. The van der Waals surface area contributed by atoms with Gasteiger partial charge in [0, 0.05) is 12.1 Å². The standard InChI is InChI=1S/C31H45N5O4/c1-5-6-7-8-9-10-11-12-13-17-20-36-34-30(33-35-36)26(21-24-18-15-14-16-19-24)31(37)32-29-27(39-3)22-25(38-2)23-28(29)40-4/h14-16,18-19,22-23,26H,5-13,17,20-21H2,1-4H3,(H,32,37)/t26-/m1/s1. The van der Waals surface area contributed by atoms with Crippen LogP contribution in [0, 0.1) is 0 Å². The van der Waals surface area contributed by atoms with Crippen LogP contribution in [0.25, 0.3) is 0 Å². The van der Waals surface area contributed by atoms with Gasteiger partial charge in [-0.05, 0) is 23.6 Å². The fraction of sp³-hybridized carbons (Fsp3) is 0.548. The molecule has 1 aromatic heterocycles. The Morgan fingerprint density at radius 1 is 0.850 bits per heavy atom. The predicted molar refractivity (Wildman–Crippen MR) is 157 cm³/mol. The molecule has 3 aromatic rings. The molecule has 2 aromatic carbocycles. The van der Waals surface area contributed by atoms with Crippen LogP contribution in [-0.2, 0) is 17.8 Å².